The molecule has 0 radical (unpaired) electrons. The standard InChI is InChI=1S/C24H21ClN2O3/c1-15-4-3-5-21(16(15)2)29-14-23(28)26-19-9-6-17(7-10-19)12-24-27-20-13-18(25)8-11-22(20)30-24/h3-11,13H,12,14H2,1-2H3,(H,26,28). The number of halogens is 1. The number of nitrogens with zero attached hydrogens (tertiary/aromatic N) is 1. The minimum atomic E-state index is -0.209. The highest BCUT2D eigenvalue weighted by molar-refractivity contribution is 6.31. The van der Waals surface area contributed by atoms with E-state index in [1.54, 1.807) is 12.1 Å². The molecular weight excluding hydrogens is 400 g/mol. The smallest absolute Gasteiger partial charge is 0.262 e. The van der Waals surface area contributed by atoms with Crippen LogP contribution in [0.25, 0.3) is 11.1 Å². The van der Waals surface area contributed by atoms with E-state index < -0.39 is 0 Å². The largest absolute Gasteiger partial charge is 0.483 e. The Hall–Kier alpha value is -3.31. The molecule has 6 heteroatoms. The summed E-state index contributed by atoms with van der Waals surface area (Å²) >= 11 is 5.99. The van der Waals surface area contributed by atoms with E-state index >= 15 is 0 Å². The summed E-state index contributed by atoms with van der Waals surface area (Å²) < 4.78 is 11.4. The van der Waals surface area contributed by atoms with Crippen LogP contribution in [-0.2, 0) is 11.2 Å². The average Bonchev–Trinajstić information content (AvgIpc) is 3.12. The van der Waals surface area contributed by atoms with Crippen LogP contribution < -0.4 is 10.1 Å². The van der Waals surface area contributed by atoms with Gasteiger partial charge in [-0.05, 0) is 66.9 Å². The van der Waals surface area contributed by atoms with Crippen molar-refractivity contribution in [3.63, 3.8) is 0 Å². The topological polar surface area (TPSA) is 64.4 Å². The maximum Gasteiger partial charge on any atom is 0.262 e. The van der Waals surface area contributed by atoms with Crippen molar-refractivity contribution in [1.29, 1.82) is 0 Å². The van der Waals surface area contributed by atoms with Gasteiger partial charge in [0.25, 0.3) is 5.91 Å². The molecule has 4 aromatic rings. The molecule has 0 aliphatic rings. The summed E-state index contributed by atoms with van der Waals surface area (Å²) in [7, 11) is 0. The van der Waals surface area contributed by atoms with E-state index in [4.69, 9.17) is 20.8 Å². The predicted molar refractivity (Wildman–Crippen MR) is 118 cm³/mol. The summed E-state index contributed by atoms with van der Waals surface area (Å²) in [5, 5.41) is 3.48. The van der Waals surface area contributed by atoms with Crippen molar-refractivity contribution in [3.8, 4) is 5.75 Å². The van der Waals surface area contributed by atoms with Crippen LogP contribution in [0.15, 0.2) is 65.1 Å². The van der Waals surface area contributed by atoms with Gasteiger partial charge >= 0.3 is 0 Å². The van der Waals surface area contributed by atoms with Crippen LogP contribution in [0.5, 0.6) is 5.75 Å². The van der Waals surface area contributed by atoms with Gasteiger partial charge in [-0.25, -0.2) is 4.98 Å². The molecule has 152 valence electrons. The number of oxazole rings is 1. The Kier molecular flexibility index (Phi) is 5.72. The Morgan fingerprint density at radius 1 is 1.10 bits per heavy atom. The van der Waals surface area contributed by atoms with E-state index in [0.29, 0.717) is 28.6 Å². The van der Waals surface area contributed by atoms with Crippen molar-refractivity contribution in [2.75, 3.05) is 11.9 Å². The van der Waals surface area contributed by atoms with Gasteiger partial charge in [0, 0.05) is 17.1 Å². The number of hydrogen-bond acceptors (Lipinski definition) is 4. The second-order valence-electron chi connectivity index (χ2n) is 7.13. The van der Waals surface area contributed by atoms with Gasteiger partial charge in [0.2, 0.25) is 0 Å². The Morgan fingerprint density at radius 2 is 1.90 bits per heavy atom. The number of amides is 1. The number of fused-ring (bicyclic) bond motifs is 1. The number of aryl methyl sites for hydroxylation is 1. The fourth-order valence-electron chi connectivity index (χ4n) is 3.13. The summed E-state index contributed by atoms with van der Waals surface area (Å²) in [5.74, 6) is 1.13. The molecule has 3 aromatic carbocycles. The lowest BCUT2D eigenvalue weighted by molar-refractivity contribution is -0.118. The Bertz CT molecular complexity index is 1200. The molecule has 0 unspecified atom stereocenters. The second-order valence-corrected chi connectivity index (χ2v) is 7.56. The predicted octanol–water partition coefficient (Wildman–Crippen LogP) is 5.71. The minimum absolute atomic E-state index is 0.0441. The Balaban J connectivity index is 1.34. The maximum atomic E-state index is 12.2. The molecule has 0 spiro atoms. The number of nitrogens with one attached hydrogen (secondary N) is 1. The van der Waals surface area contributed by atoms with Gasteiger partial charge in [0.05, 0.1) is 0 Å². The molecular formula is C24H21ClN2O3. The molecule has 0 aliphatic heterocycles. The zero-order valence-corrected chi connectivity index (χ0v) is 17.5. The molecule has 1 heterocycles. The maximum absolute atomic E-state index is 12.2. The Labute approximate surface area is 179 Å². The van der Waals surface area contributed by atoms with Gasteiger partial charge in [-0.15, -0.1) is 0 Å². The highest BCUT2D eigenvalue weighted by Crippen LogP contribution is 2.22. The summed E-state index contributed by atoms with van der Waals surface area (Å²) in [6.07, 6.45) is 0.552. The third kappa shape index (κ3) is 4.63. The lowest BCUT2D eigenvalue weighted by Gasteiger charge is -2.11. The van der Waals surface area contributed by atoms with Gasteiger partial charge in [-0.3, -0.25) is 4.79 Å². The molecule has 1 amide bonds. The van der Waals surface area contributed by atoms with Crippen molar-refractivity contribution >= 4 is 34.3 Å². The first-order valence-electron chi connectivity index (χ1n) is 9.61. The molecule has 30 heavy (non-hydrogen) atoms. The molecule has 1 aromatic heterocycles. The van der Waals surface area contributed by atoms with E-state index in [2.05, 4.69) is 10.3 Å². The average molecular weight is 421 g/mol. The third-order valence-electron chi connectivity index (χ3n) is 4.90. The zero-order chi connectivity index (χ0) is 21.1. The molecule has 0 aliphatic carbocycles. The summed E-state index contributed by atoms with van der Waals surface area (Å²) in [5.41, 5.74) is 5.35. The normalized spacial score (nSPS) is 10.9. The monoisotopic (exact) mass is 420 g/mol. The van der Waals surface area contributed by atoms with Crippen molar-refractivity contribution in [2.45, 2.75) is 20.3 Å². The van der Waals surface area contributed by atoms with Crippen LogP contribution in [0.1, 0.15) is 22.6 Å². The van der Waals surface area contributed by atoms with Crippen LogP contribution in [0.3, 0.4) is 0 Å². The molecule has 0 bridgehead atoms. The van der Waals surface area contributed by atoms with Crippen LogP contribution in [0.2, 0.25) is 5.02 Å². The van der Waals surface area contributed by atoms with E-state index in [-0.39, 0.29) is 12.5 Å². The number of benzene rings is 3. The van der Waals surface area contributed by atoms with Crippen LogP contribution in [-0.4, -0.2) is 17.5 Å². The summed E-state index contributed by atoms with van der Waals surface area (Å²) in [6, 6.07) is 18.7. The zero-order valence-electron chi connectivity index (χ0n) is 16.7. The van der Waals surface area contributed by atoms with Crippen molar-refractivity contribution < 1.29 is 13.9 Å². The van der Waals surface area contributed by atoms with E-state index in [1.165, 1.54) is 0 Å². The highest BCUT2D eigenvalue weighted by atomic mass is 35.5. The van der Waals surface area contributed by atoms with Gasteiger partial charge in [-0.2, -0.15) is 0 Å². The van der Waals surface area contributed by atoms with Gasteiger partial charge in [0.1, 0.15) is 11.3 Å². The molecule has 5 nitrogen and oxygen atoms in total. The molecule has 4 rings (SSSR count). The van der Waals surface area contributed by atoms with Crippen LogP contribution in [0, 0.1) is 13.8 Å². The van der Waals surface area contributed by atoms with Crippen molar-refractivity contribution in [1.82, 2.24) is 4.98 Å². The summed E-state index contributed by atoms with van der Waals surface area (Å²) in [6.45, 7) is 3.95. The number of carbonyl (C=O) groups is 1. The van der Waals surface area contributed by atoms with E-state index in [1.807, 2.05) is 62.4 Å². The highest BCUT2D eigenvalue weighted by Gasteiger charge is 2.09. The molecule has 0 atom stereocenters. The lowest BCUT2D eigenvalue weighted by Crippen LogP contribution is -2.20. The molecule has 1 N–H and O–H groups in total. The number of hydrogen-bond donors (Lipinski definition) is 1. The fraction of sp³-hybridized carbons (Fsp3) is 0.167. The lowest BCUT2D eigenvalue weighted by atomic mass is 10.1. The van der Waals surface area contributed by atoms with Gasteiger partial charge in [-0.1, -0.05) is 35.9 Å². The minimum Gasteiger partial charge on any atom is -0.483 e. The van der Waals surface area contributed by atoms with Gasteiger partial charge < -0.3 is 14.5 Å². The number of ether oxygens (including phenoxy) is 1. The first kappa shape index (κ1) is 20.0. The quantitative estimate of drug-likeness (QED) is 0.434. The number of carbonyl (C=O) groups excluding carboxylic acids is 1. The first-order chi connectivity index (χ1) is 14.5. The molecule has 0 fully saturated rings. The van der Waals surface area contributed by atoms with Gasteiger partial charge in [0.15, 0.2) is 18.1 Å². The van der Waals surface area contributed by atoms with Crippen molar-refractivity contribution in [3.05, 3.63) is 88.3 Å². The number of rotatable bonds is 6. The van der Waals surface area contributed by atoms with Crippen molar-refractivity contribution in [2.24, 2.45) is 0 Å². The molecule has 0 saturated heterocycles. The molecule has 0 saturated carbocycles. The third-order valence-corrected chi connectivity index (χ3v) is 5.14. The number of anilines is 1. The SMILES string of the molecule is Cc1cccc(OCC(=O)Nc2ccc(Cc3nc4cc(Cl)ccc4o3)cc2)c1C. The van der Waals surface area contributed by atoms with Crippen LogP contribution >= 0.6 is 11.6 Å². The van der Waals surface area contributed by atoms with E-state index in [9.17, 15) is 4.79 Å². The Morgan fingerprint density at radius 3 is 2.70 bits per heavy atom. The van der Waals surface area contributed by atoms with Crippen LogP contribution in [0.4, 0.5) is 5.69 Å². The van der Waals surface area contributed by atoms with E-state index in [0.717, 1.165) is 28.0 Å². The number of aromatic nitrogens is 1. The summed E-state index contributed by atoms with van der Waals surface area (Å²) in [4.78, 5) is 16.7. The fourth-order valence-corrected chi connectivity index (χ4v) is 3.29. The first-order valence-corrected chi connectivity index (χ1v) is 9.98. The second kappa shape index (κ2) is 8.59.